The molecule has 0 atom stereocenters. The Kier molecular flexibility index (Phi) is 14.5. The number of rotatable bonds is 10. The molecule has 1 fully saturated rings. The maximum atomic E-state index is 13.2. The Hall–Kier alpha value is -3.15. The van der Waals surface area contributed by atoms with Crippen molar-refractivity contribution in [2.45, 2.75) is 31.7 Å². The van der Waals surface area contributed by atoms with Gasteiger partial charge in [0.15, 0.2) is 16.8 Å². The van der Waals surface area contributed by atoms with E-state index in [0.29, 0.717) is 35.6 Å². The number of piperidine rings is 1. The molecule has 12 heteroatoms. The van der Waals surface area contributed by atoms with Crippen molar-refractivity contribution in [2.24, 2.45) is 4.99 Å². The van der Waals surface area contributed by atoms with Crippen LogP contribution < -0.4 is 4.74 Å². The van der Waals surface area contributed by atoms with E-state index in [4.69, 9.17) is 31.5 Å². The molecule has 1 saturated heterocycles. The molecule has 218 valence electrons. The Morgan fingerprint density at radius 2 is 1.70 bits per heavy atom. The fraction of sp³-hybridized carbons (Fsp3) is 0.393. The first-order valence-corrected chi connectivity index (χ1v) is 14.2. The highest BCUT2D eigenvalue weighted by Crippen LogP contribution is 2.23. The summed E-state index contributed by atoms with van der Waals surface area (Å²) in [5.74, 6) is -3.87. The summed E-state index contributed by atoms with van der Waals surface area (Å²) in [6, 6.07) is 11.7. The smallest absolute Gasteiger partial charge is 0.328 e. The molecule has 1 aliphatic rings. The van der Waals surface area contributed by atoms with Gasteiger partial charge in [0.1, 0.15) is 5.75 Å². The van der Waals surface area contributed by atoms with Crippen molar-refractivity contribution in [3.05, 3.63) is 71.3 Å². The van der Waals surface area contributed by atoms with Gasteiger partial charge in [0, 0.05) is 49.4 Å². The first-order valence-electron chi connectivity index (χ1n) is 12.6. The largest absolute Gasteiger partial charge is 0.493 e. The van der Waals surface area contributed by atoms with Crippen molar-refractivity contribution in [3.63, 3.8) is 0 Å². The Balaban J connectivity index is 0.000000611. The molecule has 0 unspecified atom stereocenters. The zero-order chi connectivity index (χ0) is 29.5. The number of halogens is 3. The Morgan fingerprint density at radius 1 is 1.07 bits per heavy atom. The number of carbonyl (C=O) groups is 2. The summed E-state index contributed by atoms with van der Waals surface area (Å²) in [6.07, 6.45) is 7.26. The van der Waals surface area contributed by atoms with Crippen LogP contribution in [-0.4, -0.2) is 82.7 Å². The molecule has 0 aliphatic carbocycles. The topological polar surface area (TPSA) is 103 Å². The van der Waals surface area contributed by atoms with Crippen LogP contribution in [0.4, 0.5) is 14.5 Å². The van der Waals surface area contributed by atoms with Gasteiger partial charge in [0.2, 0.25) is 0 Å². The Morgan fingerprint density at radius 3 is 2.25 bits per heavy atom. The van der Waals surface area contributed by atoms with E-state index in [1.54, 1.807) is 11.8 Å². The molecule has 3 rings (SSSR count). The van der Waals surface area contributed by atoms with Crippen molar-refractivity contribution < 1.29 is 33.3 Å². The third-order valence-corrected chi connectivity index (χ3v) is 7.03. The predicted octanol–water partition coefficient (Wildman–Crippen LogP) is 5.94. The number of ether oxygens (including phenoxy) is 1. The van der Waals surface area contributed by atoms with Gasteiger partial charge in [-0.2, -0.15) is 0 Å². The van der Waals surface area contributed by atoms with Crippen molar-refractivity contribution >= 4 is 46.2 Å². The van der Waals surface area contributed by atoms with Gasteiger partial charge in [0.25, 0.3) is 0 Å². The average molecular weight is 598 g/mol. The number of amidine groups is 1. The second-order valence-electron chi connectivity index (χ2n) is 8.90. The number of likely N-dealkylation sites (tertiary alicyclic amines) is 1. The lowest BCUT2D eigenvalue weighted by Gasteiger charge is -2.37. The van der Waals surface area contributed by atoms with Crippen LogP contribution in [-0.2, 0) is 9.59 Å². The standard InChI is InChI=1S/C24H30ClF2N3OS.C4H4O4/c1-29(24(32-2)28-19-7-5-18(25)6-8-19)20-11-14-30(15-12-20)13-3-4-16-31-21-9-10-22(26)23(27)17-21;5-3(6)1-2-4(7)8/h5-10,17,20H,3-4,11-16H2,1-2H3;1-2H,(H,5,6)(H,7,8)/b;2-1+. The average Bonchev–Trinajstić information content (AvgIpc) is 2.93. The number of carboxylic acid groups (broad SMARTS) is 2. The van der Waals surface area contributed by atoms with Crippen LogP contribution >= 0.6 is 23.4 Å². The number of aliphatic carboxylic acids is 2. The Labute approximate surface area is 242 Å². The SMILES string of the molecule is CSC(=Nc1ccc(Cl)cc1)N(C)C1CCN(CCCCOc2ccc(F)c(F)c2)CC1.O=C(O)/C=C/C(=O)O. The van der Waals surface area contributed by atoms with Crippen LogP contribution in [0.15, 0.2) is 59.6 Å². The van der Waals surface area contributed by atoms with Gasteiger partial charge in [-0.1, -0.05) is 23.4 Å². The Bertz CT molecular complexity index is 1140. The van der Waals surface area contributed by atoms with Gasteiger partial charge in [-0.05, 0) is 74.9 Å². The summed E-state index contributed by atoms with van der Waals surface area (Å²) in [6.45, 7) is 3.64. The van der Waals surface area contributed by atoms with E-state index < -0.39 is 23.6 Å². The van der Waals surface area contributed by atoms with Crippen LogP contribution in [0.1, 0.15) is 25.7 Å². The second kappa shape index (κ2) is 17.5. The van der Waals surface area contributed by atoms with E-state index in [9.17, 15) is 18.4 Å². The number of hydrogen-bond donors (Lipinski definition) is 2. The number of aliphatic imine (C=N–C) groups is 1. The van der Waals surface area contributed by atoms with Gasteiger partial charge >= 0.3 is 11.9 Å². The first-order chi connectivity index (χ1) is 19.1. The van der Waals surface area contributed by atoms with Crippen molar-refractivity contribution in [2.75, 3.05) is 39.5 Å². The number of carboxylic acids is 2. The van der Waals surface area contributed by atoms with E-state index in [0.717, 1.165) is 68.3 Å². The fourth-order valence-electron chi connectivity index (χ4n) is 3.92. The fourth-order valence-corrected chi connectivity index (χ4v) is 4.68. The normalized spacial score (nSPS) is 14.5. The van der Waals surface area contributed by atoms with Gasteiger partial charge in [-0.15, -0.1) is 0 Å². The minimum atomic E-state index is -1.26. The molecule has 40 heavy (non-hydrogen) atoms. The van der Waals surface area contributed by atoms with E-state index in [1.165, 1.54) is 6.07 Å². The first kappa shape index (κ1) is 33.1. The summed E-state index contributed by atoms with van der Waals surface area (Å²) < 4.78 is 31.7. The summed E-state index contributed by atoms with van der Waals surface area (Å²) >= 11 is 7.63. The molecule has 0 spiro atoms. The zero-order valence-electron chi connectivity index (χ0n) is 22.4. The molecule has 2 aromatic rings. The lowest BCUT2D eigenvalue weighted by Crippen LogP contribution is -2.45. The van der Waals surface area contributed by atoms with E-state index in [2.05, 4.69) is 23.1 Å². The number of benzene rings is 2. The molecule has 1 aliphatic heterocycles. The lowest BCUT2D eigenvalue weighted by molar-refractivity contribution is -0.134. The van der Waals surface area contributed by atoms with Crippen LogP contribution in [0.3, 0.4) is 0 Å². The number of thioether (sulfide) groups is 1. The highest BCUT2D eigenvalue weighted by atomic mass is 35.5. The molecular formula is C28H34ClF2N3O5S. The lowest BCUT2D eigenvalue weighted by atomic mass is 10.0. The molecule has 0 aromatic heterocycles. The van der Waals surface area contributed by atoms with Gasteiger partial charge in [-0.25, -0.2) is 23.4 Å². The van der Waals surface area contributed by atoms with Crippen LogP contribution in [0, 0.1) is 11.6 Å². The van der Waals surface area contributed by atoms with Crippen molar-refractivity contribution in [1.29, 1.82) is 0 Å². The summed E-state index contributed by atoms with van der Waals surface area (Å²) in [7, 11) is 2.13. The third kappa shape index (κ3) is 12.4. The maximum Gasteiger partial charge on any atom is 0.328 e. The molecule has 0 amide bonds. The molecular weight excluding hydrogens is 564 g/mol. The van der Waals surface area contributed by atoms with Crippen LogP contribution in [0.25, 0.3) is 0 Å². The van der Waals surface area contributed by atoms with Crippen LogP contribution in [0.5, 0.6) is 5.75 Å². The molecule has 2 N–H and O–H groups in total. The molecule has 0 saturated carbocycles. The van der Waals surface area contributed by atoms with E-state index >= 15 is 0 Å². The van der Waals surface area contributed by atoms with Gasteiger partial charge in [0.05, 0.1) is 12.3 Å². The minimum Gasteiger partial charge on any atom is -0.493 e. The van der Waals surface area contributed by atoms with Gasteiger partial charge in [-0.3, -0.25) is 0 Å². The van der Waals surface area contributed by atoms with Crippen molar-refractivity contribution in [3.8, 4) is 5.75 Å². The second-order valence-corrected chi connectivity index (χ2v) is 10.1. The third-order valence-electron chi connectivity index (χ3n) is 6.04. The summed E-state index contributed by atoms with van der Waals surface area (Å²) in [5, 5.41) is 17.4. The number of hydrogen-bond acceptors (Lipinski definition) is 6. The maximum absolute atomic E-state index is 13.2. The van der Waals surface area contributed by atoms with Crippen molar-refractivity contribution in [1.82, 2.24) is 9.80 Å². The zero-order valence-corrected chi connectivity index (χ0v) is 24.0. The molecule has 8 nitrogen and oxygen atoms in total. The van der Waals surface area contributed by atoms with E-state index in [-0.39, 0.29) is 0 Å². The molecule has 1 heterocycles. The highest BCUT2D eigenvalue weighted by Gasteiger charge is 2.24. The highest BCUT2D eigenvalue weighted by molar-refractivity contribution is 8.13. The quantitative estimate of drug-likeness (QED) is 0.150. The summed E-state index contributed by atoms with van der Waals surface area (Å²) in [5.41, 5.74) is 0.911. The summed E-state index contributed by atoms with van der Waals surface area (Å²) in [4.78, 5) is 28.7. The molecule has 2 aromatic carbocycles. The predicted molar refractivity (Wildman–Crippen MR) is 155 cm³/mol. The van der Waals surface area contributed by atoms with Crippen LogP contribution in [0.2, 0.25) is 5.02 Å². The minimum absolute atomic E-state index is 0.373. The van der Waals surface area contributed by atoms with E-state index in [1.807, 2.05) is 24.3 Å². The number of nitrogens with zero attached hydrogens (tertiary/aromatic N) is 3. The monoisotopic (exact) mass is 597 g/mol. The number of unbranched alkanes of at least 4 members (excludes halogenated alkanes) is 1. The molecule has 0 bridgehead atoms. The molecule has 0 radical (unpaired) electrons. The van der Waals surface area contributed by atoms with Gasteiger partial charge < -0.3 is 24.7 Å².